The second-order valence-electron chi connectivity index (χ2n) is 4.05. The molecule has 1 N–H and O–H groups in total. The monoisotopic (exact) mass is 255 g/mol. The fourth-order valence-corrected chi connectivity index (χ4v) is 1.59. The first-order chi connectivity index (χ1) is 8.81. The van der Waals surface area contributed by atoms with E-state index in [2.05, 4.69) is 12.2 Å². The average molecular weight is 255 g/mol. The summed E-state index contributed by atoms with van der Waals surface area (Å²) in [7, 11) is 1.60. The van der Waals surface area contributed by atoms with Gasteiger partial charge in [-0.15, -0.1) is 0 Å². The fourth-order valence-electron chi connectivity index (χ4n) is 1.59. The Morgan fingerprint density at radius 3 is 2.78 bits per heavy atom. The Kier molecular flexibility index (Phi) is 7.18. The summed E-state index contributed by atoms with van der Waals surface area (Å²) in [6, 6.07) is 5.83. The number of benzene rings is 1. The molecule has 0 radical (unpaired) electrons. The normalized spacial score (nSPS) is 10.4. The van der Waals surface area contributed by atoms with E-state index in [9.17, 15) is 4.39 Å². The second-order valence-corrected chi connectivity index (χ2v) is 4.05. The van der Waals surface area contributed by atoms with E-state index >= 15 is 0 Å². The van der Waals surface area contributed by atoms with Gasteiger partial charge in [0.2, 0.25) is 0 Å². The highest BCUT2D eigenvalue weighted by atomic mass is 19.1. The summed E-state index contributed by atoms with van der Waals surface area (Å²) >= 11 is 0. The van der Waals surface area contributed by atoms with Gasteiger partial charge in [-0.05, 0) is 30.7 Å². The smallest absolute Gasteiger partial charge is 0.161 e. The number of alkyl halides is 1. The van der Waals surface area contributed by atoms with E-state index in [0.717, 1.165) is 25.1 Å². The summed E-state index contributed by atoms with van der Waals surface area (Å²) in [4.78, 5) is 0. The SMILES string of the molecule is CCCNCc1ccc(OC)c(OCCCF)c1. The van der Waals surface area contributed by atoms with E-state index < -0.39 is 0 Å². The van der Waals surface area contributed by atoms with Gasteiger partial charge in [0, 0.05) is 13.0 Å². The molecule has 1 aromatic carbocycles. The molecule has 0 aliphatic heterocycles. The first-order valence-corrected chi connectivity index (χ1v) is 6.38. The molecule has 1 rings (SSSR count). The maximum Gasteiger partial charge on any atom is 0.161 e. The summed E-state index contributed by atoms with van der Waals surface area (Å²) in [5.74, 6) is 1.37. The van der Waals surface area contributed by atoms with Crippen LogP contribution in [0.1, 0.15) is 25.3 Å². The van der Waals surface area contributed by atoms with Crippen LogP contribution >= 0.6 is 0 Å². The lowest BCUT2D eigenvalue weighted by Crippen LogP contribution is -2.13. The van der Waals surface area contributed by atoms with Gasteiger partial charge >= 0.3 is 0 Å². The van der Waals surface area contributed by atoms with Crippen LogP contribution in [0.4, 0.5) is 4.39 Å². The van der Waals surface area contributed by atoms with Gasteiger partial charge in [-0.1, -0.05) is 13.0 Å². The van der Waals surface area contributed by atoms with Crippen molar-refractivity contribution in [3.05, 3.63) is 23.8 Å². The van der Waals surface area contributed by atoms with Gasteiger partial charge in [0.05, 0.1) is 20.4 Å². The molecule has 0 spiro atoms. The summed E-state index contributed by atoms with van der Waals surface area (Å²) in [6.45, 7) is 3.94. The van der Waals surface area contributed by atoms with E-state index in [-0.39, 0.29) is 6.67 Å². The van der Waals surface area contributed by atoms with Crippen molar-refractivity contribution < 1.29 is 13.9 Å². The van der Waals surface area contributed by atoms with Crippen LogP contribution in [0, 0.1) is 0 Å². The molecule has 0 unspecified atom stereocenters. The number of nitrogens with one attached hydrogen (secondary N) is 1. The predicted octanol–water partition coefficient (Wildman–Crippen LogP) is 2.93. The third-order valence-corrected chi connectivity index (χ3v) is 2.52. The van der Waals surface area contributed by atoms with Crippen LogP contribution in [-0.4, -0.2) is 26.9 Å². The van der Waals surface area contributed by atoms with E-state index in [0.29, 0.717) is 24.5 Å². The number of hydrogen-bond donors (Lipinski definition) is 1. The zero-order valence-corrected chi connectivity index (χ0v) is 11.2. The van der Waals surface area contributed by atoms with Crippen molar-refractivity contribution in [3.8, 4) is 11.5 Å². The van der Waals surface area contributed by atoms with E-state index in [4.69, 9.17) is 9.47 Å². The maximum atomic E-state index is 12.0. The standard InChI is InChI=1S/C14H22FNO2/c1-3-8-16-11-12-5-6-13(17-2)14(10-12)18-9-4-7-15/h5-6,10,16H,3-4,7-9,11H2,1-2H3. The van der Waals surface area contributed by atoms with E-state index in [1.807, 2.05) is 18.2 Å². The minimum atomic E-state index is -0.361. The van der Waals surface area contributed by atoms with E-state index in [1.165, 1.54) is 0 Å². The molecule has 0 aliphatic rings. The van der Waals surface area contributed by atoms with Crippen LogP contribution in [0.2, 0.25) is 0 Å². The van der Waals surface area contributed by atoms with Gasteiger partial charge in [-0.3, -0.25) is 4.39 Å². The molecule has 0 amide bonds. The Morgan fingerprint density at radius 1 is 1.28 bits per heavy atom. The van der Waals surface area contributed by atoms with Crippen molar-refractivity contribution in [3.63, 3.8) is 0 Å². The molecule has 0 fully saturated rings. The lowest BCUT2D eigenvalue weighted by molar-refractivity contribution is 0.273. The minimum absolute atomic E-state index is 0.361. The lowest BCUT2D eigenvalue weighted by Gasteiger charge is -2.12. The predicted molar refractivity (Wildman–Crippen MR) is 71.1 cm³/mol. The summed E-state index contributed by atoms with van der Waals surface area (Å²) in [6.07, 6.45) is 1.51. The molecule has 0 aromatic heterocycles. The molecule has 3 nitrogen and oxygen atoms in total. The Morgan fingerprint density at radius 2 is 2.11 bits per heavy atom. The highest BCUT2D eigenvalue weighted by Crippen LogP contribution is 2.28. The van der Waals surface area contributed by atoms with Crippen LogP contribution < -0.4 is 14.8 Å². The Labute approximate surface area is 108 Å². The molecule has 4 heteroatoms. The fraction of sp³-hybridized carbons (Fsp3) is 0.571. The molecule has 102 valence electrons. The topological polar surface area (TPSA) is 30.5 Å². The zero-order chi connectivity index (χ0) is 13.2. The molecular formula is C14H22FNO2. The van der Waals surface area contributed by atoms with Gasteiger partial charge in [-0.2, -0.15) is 0 Å². The molecule has 0 aliphatic carbocycles. The van der Waals surface area contributed by atoms with Crippen LogP contribution in [0.25, 0.3) is 0 Å². The number of methoxy groups -OCH3 is 1. The Bertz CT molecular complexity index is 345. The highest BCUT2D eigenvalue weighted by molar-refractivity contribution is 5.42. The third kappa shape index (κ3) is 4.92. The van der Waals surface area contributed by atoms with Crippen molar-refractivity contribution in [2.75, 3.05) is 26.9 Å². The summed E-state index contributed by atoms with van der Waals surface area (Å²) < 4.78 is 22.8. The van der Waals surface area contributed by atoms with Gasteiger partial charge in [0.1, 0.15) is 0 Å². The zero-order valence-electron chi connectivity index (χ0n) is 11.2. The van der Waals surface area contributed by atoms with Crippen LogP contribution in [0.3, 0.4) is 0 Å². The molecule has 0 atom stereocenters. The molecule has 0 saturated heterocycles. The van der Waals surface area contributed by atoms with Gasteiger partial charge in [-0.25, -0.2) is 0 Å². The van der Waals surface area contributed by atoms with Crippen LogP contribution in [0.5, 0.6) is 11.5 Å². The molecule has 0 saturated carbocycles. The summed E-state index contributed by atoms with van der Waals surface area (Å²) in [5, 5.41) is 3.33. The van der Waals surface area contributed by atoms with Crippen LogP contribution in [-0.2, 0) is 6.54 Å². The largest absolute Gasteiger partial charge is 0.493 e. The molecule has 0 bridgehead atoms. The maximum absolute atomic E-state index is 12.0. The minimum Gasteiger partial charge on any atom is -0.493 e. The van der Waals surface area contributed by atoms with Crippen LogP contribution in [0.15, 0.2) is 18.2 Å². The quantitative estimate of drug-likeness (QED) is 0.688. The molecule has 1 aromatic rings. The number of rotatable bonds is 9. The average Bonchev–Trinajstić information content (AvgIpc) is 2.40. The third-order valence-electron chi connectivity index (χ3n) is 2.52. The molecular weight excluding hydrogens is 233 g/mol. The van der Waals surface area contributed by atoms with Gasteiger partial charge in [0.25, 0.3) is 0 Å². The Hall–Kier alpha value is -1.29. The number of ether oxygens (including phenoxy) is 2. The van der Waals surface area contributed by atoms with E-state index in [1.54, 1.807) is 7.11 Å². The van der Waals surface area contributed by atoms with Crippen molar-refractivity contribution in [2.24, 2.45) is 0 Å². The second kappa shape index (κ2) is 8.75. The highest BCUT2D eigenvalue weighted by Gasteiger charge is 2.05. The van der Waals surface area contributed by atoms with Crippen molar-refractivity contribution in [2.45, 2.75) is 26.3 Å². The first kappa shape index (κ1) is 14.8. The van der Waals surface area contributed by atoms with Crippen molar-refractivity contribution >= 4 is 0 Å². The van der Waals surface area contributed by atoms with Crippen molar-refractivity contribution in [1.82, 2.24) is 5.32 Å². The first-order valence-electron chi connectivity index (χ1n) is 6.38. The Balaban J connectivity index is 2.62. The van der Waals surface area contributed by atoms with Gasteiger partial charge < -0.3 is 14.8 Å². The molecule has 0 heterocycles. The summed E-state index contributed by atoms with van der Waals surface area (Å²) in [5.41, 5.74) is 1.14. The number of halogens is 1. The molecule has 18 heavy (non-hydrogen) atoms. The van der Waals surface area contributed by atoms with Crippen molar-refractivity contribution in [1.29, 1.82) is 0 Å². The van der Waals surface area contributed by atoms with Gasteiger partial charge in [0.15, 0.2) is 11.5 Å². The number of hydrogen-bond acceptors (Lipinski definition) is 3. The lowest BCUT2D eigenvalue weighted by atomic mass is 10.2.